The molecule has 0 bridgehead atoms. The number of aromatic nitrogens is 4. The van der Waals surface area contributed by atoms with E-state index in [1.165, 1.54) is 24.4 Å². The highest BCUT2D eigenvalue weighted by molar-refractivity contribution is 5.92. The number of hydrogen-bond acceptors (Lipinski definition) is 3. The predicted molar refractivity (Wildman–Crippen MR) is 91.0 cm³/mol. The van der Waals surface area contributed by atoms with E-state index in [1.54, 1.807) is 10.9 Å². The molecular weight excluding hydrogens is 302 g/mol. The fourth-order valence-electron chi connectivity index (χ4n) is 3.84. The monoisotopic (exact) mass is 327 g/mol. The topological polar surface area (TPSA) is 56.0 Å². The lowest BCUT2D eigenvalue weighted by Gasteiger charge is -2.34. The van der Waals surface area contributed by atoms with Crippen molar-refractivity contribution in [1.29, 1.82) is 0 Å². The van der Waals surface area contributed by atoms with E-state index in [2.05, 4.69) is 21.6 Å². The lowest BCUT2D eigenvalue weighted by atomic mass is 10.0. The van der Waals surface area contributed by atoms with Crippen molar-refractivity contribution >= 4 is 5.91 Å². The number of aryl methyl sites for hydroxylation is 2. The molecule has 2 aliphatic rings. The van der Waals surface area contributed by atoms with E-state index in [4.69, 9.17) is 0 Å². The molecule has 1 aliphatic carbocycles. The molecule has 2 fully saturated rings. The van der Waals surface area contributed by atoms with Gasteiger partial charge in [0.1, 0.15) is 11.5 Å². The van der Waals surface area contributed by atoms with Crippen molar-refractivity contribution < 1.29 is 4.79 Å². The van der Waals surface area contributed by atoms with Gasteiger partial charge in [-0.3, -0.25) is 9.48 Å². The first-order chi connectivity index (χ1) is 11.7. The van der Waals surface area contributed by atoms with Gasteiger partial charge >= 0.3 is 0 Å². The van der Waals surface area contributed by atoms with Crippen LogP contribution in [0.2, 0.25) is 0 Å². The summed E-state index contributed by atoms with van der Waals surface area (Å²) >= 11 is 0. The number of carbonyl (C=O) groups is 1. The molecule has 2 aromatic heterocycles. The van der Waals surface area contributed by atoms with Crippen LogP contribution in [-0.4, -0.2) is 43.2 Å². The van der Waals surface area contributed by atoms with Crippen LogP contribution in [0.1, 0.15) is 66.6 Å². The third-order valence-electron chi connectivity index (χ3n) is 5.30. The third kappa shape index (κ3) is 2.64. The zero-order chi connectivity index (χ0) is 16.7. The van der Waals surface area contributed by atoms with Gasteiger partial charge in [0.15, 0.2) is 0 Å². The summed E-state index contributed by atoms with van der Waals surface area (Å²) in [5.74, 6) is 2.04. The minimum atomic E-state index is 0.109. The molecule has 0 atom stereocenters. The Labute approximate surface area is 142 Å². The predicted octanol–water partition coefficient (Wildman–Crippen LogP) is 2.76. The van der Waals surface area contributed by atoms with Crippen molar-refractivity contribution in [3.05, 3.63) is 35.7 Å². The van der Waals surface area contributed by atoms with E-state index in [0.29, 0.717) is 17.7 Å². The number of imidazole rings is 1. The van der Waals surface area contributed by atoms with Crippen LogP contribution in [0.3, 0.4) is 0 Å². The number of hydrogen-bond donors (Lipinski definition) is 0. The van der Waals surface area contributed by atoms with Gasteiger partial charge in [0.2, 0.25) is 0 Å². The molecule has 2 aromatic rings. The molecule has 128 valence electrons. The van der Waals surface area contributed by atoms with Crippen molar-refractivity contribution in [3.63, 3.8) is 0 Å². The number of amides is 1. The Morgan fingerprint density at radius 1 is 1.25 bits per heavy atom. The maximum atomic E-state index is 12.7. The number of rotatable bonds is 4. The molecule has 3 heterocycles. The van der Waals surface area contributed by atoms with E-state index in [9.17, 15) is 4.79 Å². The van der Waals surface area contributed by atoms with Gasteiger partial charge in [-0.25, -0.2) is 4.98 Å². The molecule has 0 unspecified atom stereocenters. The van der Waals surface area contributed by atoms with Crippen LogP contribution < -0.4 is 0 Å². The van der Waals surface area contributed by atoms with E-state index < -0.39 is 0 Å². The average molecular weight is 327 g/mol. The van der Waals surface area contributed by atoms with Crippen molar-refractivity contribution in [2.75, 3.05) is 13.1 Å². The van der Waals surface area contributed by atoms with Crippen LogP contribution in [-0.2, 0) is 6.54 Å². The summed E-state index contributed by atoms with van der Waals surface area (Å²) < 4.78 is 4.22. The van der Waals surface area contributed by atoms with Crippen LogP contribution in [0.15, 0.2) is 18.5 Å². The lowest BCUT2D eigenvalue weighted by molar-refractivity contribution is 0.0680. The second-order valence-electron chi connectivity index (χ2n) is 6.96. The fraction of sp³-hybridized carbons (Fsp3) is 0.611. The average Bonchev–Trinajstić information content (AvgIpc) is 3.21. The molecule has 1 amide bonds. The maximum Gasteiger partial charge on any atom is 0.272 e. The lowest BCUT2D eigenvalue weighted by Crippen LogP contribution is -2.40. The number of nitrogens with zero attached hydrogens (tertiary/aromatic N) is 5. The quantitative estimate of drug-likeness (QED) is 0.867. The smallest absolute Gasteiger partial charge is 0.272 e. The highest BCUT2D eigenvalue weighted by Crippen LogP contribution is 2.41. The van der Waals surface area contributed by atoms with Crippen LogP contribution in [0, 0.1) is 6.92 Å². The Morgan fingerprint density at radius 2 is 2.00 bits per heavy atom. The summed E-state index contributed by atoms with van der Waals surface area (Å²) in [6.45, 7) is 6.50. The molecule has 6 nitrogen and oxygen atoms in total. The Balaban J connectivity index is 1.46. The first-order valence-corrected chi connectivity index (χ1v) is 9.03. The standard InChI is InChI=1S/C18H25N5O/c1-3-22-16(6-9-20-22)18(24)21-10-7-15(8-11-21)23-13(2)12-19-17(23)14-4-5-14/h6,9,12,14-15H,3-5,7-8,10-11H2,1-2H3. The summed E-state index contributed by atoms with van der Waals surface area (Å²) in [6.07, 6.45) is 8.26. The fourth-order valence-corrected chi connectivity index (χ4v) is 3.84. The normalized spacial score (nSPS) is 19.0. The third-order valence-corrected chi connectivity index (χ3v) is 5.30. The second kappa shape index (κ2) is 6.07. The molecule has 0 N–H and O–H groups in total. The second-order valence-corrected chi connectivity index (χ2v) is 6.96. The summed E-state index contributed by atoms with van der Waals surface area (Å²) in [5, 5.41) is 4.21. The minimum Gasteiger partial charge on any atom is -0.337 e. The van der Waals surface area contributed by atoms with Gasteiger partial charge in [-0.2, -0.15) is 5.10 Å². The van der Waals surface area contributed by atoms with Gasteiger partial charge in [-0.05, 0) is 45.6 Å². The van der Waals surface area contributed by atoms with E-state index in [1.807, 2.05) is 24.1 Å². The first kappa shape index (κ1) is 15.4. The zero-order valence-corrected chi connectivity index (χ0v) is 14.5. The van der Waals surface area contributed by atoms with Gasteiger partial charge in [-0.1, -0.05) is 0 Å². The molecule has 4 rings (SSSR count). The molecule has 1 aliphatic heterocycles. The van der Waals surface area contributed by atoms with Gasteiger partial charge in [-0.15, -0.1) is 0 Å². The molecule has 0 radical (unpaired) electrons. The number of carbonyl (C=O) groups excluding carboxylic acids is 1. The molecular formula is C18H25N5O. The molecule has 1 saturated carbocycles. The molecule has 0 aromatic carbocycles. The Hall–Kier alpha value is -2.11. The number of piperidine rings is 1. The van der Waals surface area contributed by atoms with Crippen LogP contribution >= 0.6 is 0 Å². The summed E-state index contributed by atoms with van der Waals surface area (Å²) in [5.41, 5.74) is 1.96. The summed E-state index contributed by atoms with van der Waals surface area (Å²) in [6, 6.07) is 2.30. The Morgan fingerprint density at radius 3 is 2.67 bits per heavy atom. The van der Waals surface area contributed by atoms with Gasteiger partial charge in [0, 0.05) is 49.7 Å². The van der Waals surface area contributed by atoms with E-state index in [0.717, 1.165) is 32.5 Å². The Kier molecular flexibility index (Phi) is 3.90. The van der Waals surface area contributed by atoms with Gasteiger partial charge in [0.25, 0.3) is 5.91 Å². The van der Waals surface area contributed by atoms with Crippen LogP contribution in [0.5, 0.6) is 0 Å². The van der Waals surface area contributed by atoms with Crippen LogP contribution in [0.4, 0.5) is 0 Å². The van der Waals surface area contributed by atoms with Crippen LogP contribution in [0.25, 0.3) is 0 Å². The van der Waals surface area contributed by atoms with E-state index in [-0.39, 0.29) is 5.91 Å². The summed E-state index contributed by atoms with van der Waals surface area (Å²) in [4.78, 5) is 19.3. The largest absolute Gasteiger partial charge is 0.337 e. The first-order valence-electron chi connectivity index (χ1n) is 9.03. The van der Waals surface area contributed by atoms with E-state index >= 15 is 0 Å². The summed E-state index contributed by atoms with van der Waals surface area (Å²) in [7, 11) is 0. The molecule has 0 spiro atoms. The van der Waals surface area contributed by atoms with Crippen molar-refractivity contribution in [1.82, 2.24) is 24.2 Å². The SMILES string of the molecule is CCn1nccc1C(=O)N1CCC(n2c(C)cnc2C2CC2)CC1. The minimum absolute atomic E-state index is 0.109. The molecule has 6 heteroatoms. The number of likely N-dealkylation sites (tertiary alicyclic amines) is 1. The van der Waals surface area contributed by atoms with Crippen molar-refractivity contribution in [3.8, 4) is 0 Å². The highest BCUT2D eigenvalue weighted by atomic mass is 16.2. The maximum absolute atomic E-state index is 12.7. The molecule has 24 heavy (non-hydrogen) atoms. The molecule has 1 saturated heterocycles. The van der Waals surface area contributed by atoms with Gasteiger partial charge < -0.3 is 9.47 Å². The zero-order valence-electron chi connectivity index (χ0n) is 14.5. The highest BCUT2D eigenvalue weighted by Gasteiger charge is 2.33. The van der Waals surface area contributed by atoms with Crippen molar-refractivity contribution in [2.45, 2.75) is 58.0 Å². The Bertz CT molecular complexity index is 734. The van der Waals surface area contributed by atoms with Gasteiger partial charge in [0.05, 0.1) is 0 Å². The van der Waals surface area contributed by atoms with Crippen molar-refractivity contribution in [2.24, 2.45) is 0 Å².